The van der Waals surface area contributed by atoms with Gasteiger partial charge < -0.3 is 4.74 Å². The zero-order chi connectivity index (χ0) is 12.8. The highest BCUT2D eigenvalue weighted by Crippen LogP contribution is 2.14. The van der Waals surface area contributed by atoms with Crippen LogP contribution >= 0.6 is 0 Å². The lowest BCUT2D eigenvalue weighted by molar-refractivity contribution is -0.137. The van der Waals surface area contributed by atoms with Crippen LogP contribution in [0.25, 0.3) is 6.08 Å². The summed E-state index contributed by atoms with van der Waals surface area (Å²) >= 11 is 0. The number of ketones is 1. The SMILES string of the molecule is CCOC(=O)C=Cc1ccc(F)cc1C(C)=O. The molecule has 0 amide bonds. The Bertz CT molecular complexity index is 464. The van der Waals surface area contributed by atoms with Crippen LogP contribution in [0.5, 0.6) is 0 Å². The van der Waals surface area contributed by atoms with E-state index >= 15 is 0 Å². The molecule has 3 nitrogen and oxygen atoms in total. The number of carbonyl (C=O) groups excluding carboxylic acids is 2. The molecule has 90 valence electrons. The lowest BCUT2D eigenvalue weighted by Gasteiger charge is -2.02. The van der Waals surface area contributed by atoms with Gasteiger partial charge in [-0.25, -0.2) is 9.18 Å². The molecule has 0 spiro atoms. The molecule has 17 heavy (non-hydrogen) atoms. The average molecular weight is 236 g/mol. The predicted octanol–water partition coefficient (Wildman–Crippen LogP) is 2.60. The third kappa shape index (κ3) is 3.83. The van der Waals surface area contributed by atoms with Crippen molar-refractivity contribution in [2.45, 2.75) is 13.8 Å². The lowest BCUT2D eigenvalue weighted by atomic mass is 10.0. The summed E-state index contributed by atoms with van der Waals surface area (Å²) in [7, 11) is 0. The Kier molecular flexibility index (Phi) is 4.57. The third-order valence-corrected chi connectivity index (χ3v) is 2.08. The molecule has 0 heterocycles. The summed E-state index contributed by atoms with van der Waals surface area (Å²) in [5.41, 5.74) is 0.734. The molecule has 4 heteroatoms. The van der Waals surface area contributed by atoms with Crippen molar-refractivity contribution >= 4 is 17.8 Å². The first kappa shape index (κ1) is 13.1. The van der Waals surface area contributed by atoms with Crippen molar-refractivity contribution in [1.29, 1.82) is 0 Å². The maximum absolute atomic E-state index is 13.0. The molecule has 0 N–H and O–H groups in total. The highest BCUT2D eigenvalue weighted by Gasteiger charge is 2.06. The molecule has 0 fully saturated rings. The first-order valence-electron chi connectivity index (χ1n) is 5.20. The van der Waals surface area contributed by atoms with Crippen molar-refractivity contribution in [3.05, 3.63) is 41.2 Å². The molecule has 0 saturated carbocycles. The predicted molar refractivity (Wildman–Crippen MR) is 62.1 cm³/mol. The van der Waals surface area contributed by atoms with Crippen LogP contribution < -0.4 is 0 Å². The number of rotatable bonds is 4. The van der Waals surface area contributed by atoms with E-state index in [9.17, 15) is 14.0 Å². The second-order valence-corrected chi connectivity index (χ2v) is 3.37. The Balaban J connectivity index is 2.98. The molecule has 0 aliphatic heterocycles. The summed E-state index contributed by atoms with van der Waals surface area (Å²) in [6.45, 7) is 3.33. The number of hydrogen-bond acceptors (Lipinski definition) is 3. The van der Waals surface area contributed by atoms with Gasteiger partial charge in [-0.2, -0.15) is 0 Å². The van der Waals surface area contributed by atoms with Crippen molar-refractivity contribution in [2.75, 3.05) is 6.61 Å². The molecule has 1 rings (SSSR count). The van der Waals surface area contributed by atoms with E-state index in [-0.39, 0.29) is 18.0 Å². The number of benzene rings is 1. The third-order valence-electron chi connectivity index (χ3n) is 2.08. The molecule has 0 bridgehead atoms. The van der Waals surface area contributed by atoms with Gasteiger partial charge in [0.2, 0.25) is 0 Å². The van der Waals surface area contributed by atoms with E-state index < -0.39 is 11.8 Å². The highest BCUT2D eigenvalue weighted by atomic mass is 19.1. The van der Waals surface area contributed by atoms with Crippen LogP contribution in [0.4, 0.5) is 4.39 Å². The summed E-state index contributed by atoms with van der Waals surface area (Å²) in [5, 5.41) is 0. The van der Waals surface area contributed by atoms with Crippen molar-refractivity contribution in [3.63, 3.8) is 0 Å². The van der Waals surface area contributed by atoms with Crippen LogP contribution in [0.2, 0.25) is 0 Å². The minimum absolute atomic E-state index is 0.241. The quantitative estimate of drug-likeness (QED) is 0.458. The van der Waals surface area contributed by atoms with Gasteiger partial charge in [0.1, 0.15) is 5.82 Å². The fraction of sp³-hybridized carbons (Fsp3) is 0.231. The Hall–Kier alpha value is -1.97. The van der Waals surface area contributed by atoms with Gasteiger partial charge in [-0.05, 0) is 37.6 Å². The number of hydrogen-bond donors (Lipinski definition) is 0. The summed E-state index contributed by atoms with van der Waals surface area (Å²) in [4.78, 5) is 22.4. The van der Waals surface area contributed by atoms with Crippen LogP contribution in [0.15, 0.2) is 24.3 Å². The van der Waals surface area contributed by atoms with E-state index in [1.165, 1.54) is 31.2 Å². The van der Waals surface area contributed by atoms with E-state index in [2.05, 4.69) is 0 Å². The fourth-order valence-electron chi connectivity index (χ4n) is 1.33. The Morgan fingerprint density at radius 3 is 2.71 bits per heavy atom. The van der Waals surface area contributed by atoms with Crippen LogP contribution in [-0.4, -0.2) is 18.4 Å². The summed E-state index contributed by atoms with van der Waals surface area (Å²) in [5.74, 6) is -1.23. The summed E-state index contributed by atoms with van der Waals surface area (Å²) in [6.07, 6.45) is 2.65. The first-order valence-corrected chi connectivity index (χ1v) is 5.20. The topological polar surface area (TPSA) is 43.4 Å². The fourth-order valence-corrected chi connectivity index (χ4v) is 1.33. The lowest BCUT2D eigenvalue weighted by Crippen LogP contribution is -2.00. The smallest absolute Gasteiger partial charge is 0.330 e. The van der Waals surface area contributed by atoms with Gasteiger partial charge in [0, 0.05) is 11.6 Å². The summed E-state index contributed by atoms with van der Waals surface area (Å²) in [6, 6.07) is 3.83. The van der Waals surface area contributed by atoms with Gasteiger partial charge >= 0.3 is 5.97 Å². The van der Waals surface area contributed by atoms with E-state index in [0.717, 1.165) is 6.07 Å². The largest absolute Gasteiger partial charge is 0.463 e. The van der Waals surface area contributed by atoms with Gasteiger partial charge in [0.05, 0.1) is 6.61 Å². The maximum atomic E-state index is 13.0. The zero-order valence-corrected chi connectivity index (χ0v) is 9.70. The van der Waals surface area contributed by atoms with Crippen molar-refractivity contribution in [3.8, 4) is 0 Å². The Morgan fingerprint density at radius 1 is 1.41 bits per heavy atom. The molecule has 0 atom stereocenters. The van der Waals surface area contributed by atoms with E-state index in [1.807, 2.05) is 0 Å². The van der Waals surface area contributed by atoms with Crippen molar-refractivity contribution in [1.82, 2.24) is 0 Å². The van der Waals surface area contributed by atoms with Gasteiger partial charge in [-0.15, -0.1) is 0 Å². The number of carbonyl (C=O) groups is 2. The summed E-state index contributed by atoms with van der Waals surface area (Å²) < 4.78 is 17.7. The normalized spacial score (nSPS) is 10.5. The molecule has 0 aromatic heterocycles. The Labute approximate surface area is 98.9 Å². The maximum Gasteiger partial charge on any atom is 0.330 e. The minimum atomic E-state index is -0.494. The second-order valence-electron chi connectivity index (χ2n) is 3.37. The Morgan fingerprint density at radius 2 is 2.12 bits per heavy atom. The first-order chi connectivity index (χ1) is 8.04. The van der Waals surface area contributed by atoms with Crippen molar-refractivity contribution in [2.24, 2.45) is 0 Å². The van der Waals surface area contributed by atoms with Gasteiger partial charge in [0.25, 0.3) is 0 Å². The molecule has 0 saturated heterocycles. The van der Waals surface area contributed by atoms with Crippen LogP contribution in [0.1, 0.15) is 29.8 Å². The number of Topliss-reactive ketones (excluding diaryl/α,β-unsaturated/α-hetero) is 1. The van der Waals surface area contributed by atoms with E-state index in [4.69, 9.17) is 4.74 Å². The number of halogens is 1. The van der Waals surface area contributed by atoms with Gasteiger partial charge in [-0.3, -0.25) is 4.79 Å². The van der Waals surface area contributed by atoms with Crippen LogP contribution in [0.3, 0.4) is 0 Å². The molecular weight excluding hydrogens is 223 g/mol. The zero-order valence-electron chi connectivity index (χ0n) is 9.70. The monoisotopic (exact) mass is 236 g/mol. The van der Waals surface area contributed by atoms with Crippen LogP contribution in [0, 0.1) is 5.82 Å². The van der Waals surface area contributed by atoms with Crippen LogP contribution in [-0.2, 0) is 9.53 Å². The minimum Gasteiger partial charge on any atom is -0.463 e. The molecule has 0 aliphatic rings. The number of ether oxygens (including phenoxy) is 1. The standard InChI is InChI=1S/C13H13FO3/c1-3-17-13(16)7-5-10-4-6-11(14)8-12(10)9(2)15/h4-8H,3H2,1-2H3. The molecular formula is C13H13FO3. The van der Waals surface area contributed by atoms with Gasteiger partial charge in [-0.1, -0.05) is 6.07 Å². The highest BCUT2D eigenvalue weighted by molar-refractivity contribution is 5.99. The molecule has 0 aliphatic carbocycles. The molecule has 0 unspecified atom stereocenters. The van der Waals surface area contributed by atoms with Crippen molar-refractivity contribution < 1.29 is 18.7 Å². The van der Waals surface area contributed by atoms with E-state index in [1.54, 1.807) is 6.92 Å². The second kappa shape index (κ2) is 5.94. The molecule has 1 aromatic carbocycles. The van der Waals surface area contributed by atoms with E-state index in [0.29, 0.717) is 5.56 Å². The van der Waals surface area contributed by atoms with Gasteiger partial charge in [0.15, 0.2) is 5.78 Å². The average Bonchev–Trinajstić information content (AvgIpc) is 2.27. The molecule has 0 radical (unpaired) electrons. The number of esters is 1. The molecule has 1 aromatic rings.